The number of hydrogen-bond acceptors (Lipinski definition) is 7. The summed E-state index contributed by atoms with van der Waals surface area (Å²) in [4.78, 5) is 38.7. The summed E-state index contributed by atoms with van der Waals surface area (Å²) < 4.78 is 19.1. The summed E-state index contributed by atoms with van der Waals surface area (Å²) in [5.74, 6) is 0.372. The highest BCUT2D eigenvalue weighted by Crippen LogP contribution is 2.89. The molecule has 5 saturated carbocycles. The van der Waals surface area contributed by atoms with E-state index in [2.05, 4.69) is 53.8 Å². The van der Waals surface area contributed by atoms with Crippen LogP contribution in [-0.4, -0.2) is 82.9 Å². The molecular weight excluding hydrogens is 612 g/mol. The lowest BCUT2D eigenvalue weighted by Gasteiger charge is -2.63. The van der Waals surface area contributed by atoms with Crippen LogP contribution in [0, 0.1) is 56.7 Å². The van der Waals surface area contributed by atoms with E-state index < -0.39 is 24.2 Å². The van der Waals surface area contributed by atoms with Gasteiger partial charge in [-0.1, -0.05) is 48.5 Å². The number of nitrogens with one attached hydrogen (secondary N) is 1. The van der Waals surface area contributed by atoms with Gasteiger partial charge in [0, 0.05) is 23.9 Å². The third-order valence-electron chi connectivity index (χ3n) is 16.1. The largest absolute Gasteiger partial charge is 0.480 e. The summed E-state index contributed by atoms with van der Waals surface area (Å²) >= 11 is 0. The molecule has 0 radical (unpaired) electrons. The van der Waals surface area contributed by atoms with Crippen molar-refractivity contribution in [2.45, 2.75) is 150 Å². The number of aliphatic hydroxyl groups is 1. The van der Waals surface area contributed by atoms with E-state index in [1.54, 1.807) is 4.90 Å². The van der Waals surface area contributed by atoms with Gasteiger partial charge in [0.05, 0.1) is 18.3 Å². The number of ether oxygens (including phenoxy) is 3. The van der Waals surface area contributed by atoms with Gasteiger partial charge in [-0.25, -0.2) is 9.59 Å². The van der Waals surface area contributed by atoms with Gasteiger partial charge in [0.25, 0.3) is 0 Å². The molecule has 5 aliphatic carbocycles. The molecule has 7 rings (SSSR count). The molecule has 0 aromatic heterocycles. The maximum absolute atomic E-state index is 12.9. The van der Waals surface area contributed by atoms with Crippen molar-refractivity contribution in [1.82, 2.24) is 10.2 Å². The van der Waals surface area contributed by atoms with Crippen molar-refractivity contribution in [3.05, 3.63) is 0 Å². The molecule has 2 saturated heterocycles. The highest BCUT2D eigenvalue weighted by molar-refractivity contribution is 5.79. The smallest absolute Gasteiger partial charge is 0.410 e. The van der Waals surface area contributed by atoms with Crippen molar-refractivity contribution in [3.63, 3.8) is 0 Å². The van der Waals surface area contributed by atoms with E-state index in [-0.39, 0.29) is 69.4 Å². The van der Waals surface area contributed by atoms with Crippen molar-refractivity contribution < 1.29 is 38.8 Å². The second-order valence-corrected chi connectivity index (χ2v) is 18.6. The lowest BCUT2D eigenvalue weighted by Crippen LogP contribution is -2.60. The third kappa shape index (κ3) is 4.51. The molecule has 2 heterocycles. The average molecular weight is 673 g/mol. The molecule has 3 N–H and O–H groups in total. The zero-order valence-corrected chi connectivity index (χ0v) is 30.4. The van der Waals surface area contributed by atoms with Gasteiger partial charge < -0.3 is 34.6 Å². The molecule has 0 bridgehead atoms. The monoisotopic (exact) mass is 672 g/mol. The number of alkyl carbamates (subject to hydrolysis) is 1. The Hall–Kier alpha value is -2.07. The first kappa shape index (κ1) is 34.4. The minimum atomic E-state index is -1.08. The second-order valence-electron chi connectivity index (χ2n) is 18.6. The molecule has 270 valence electrons. The van der Waals surface area contributed by atoms with Crippen LogP contribution in [-0.2, 0) is 19.0 Å². The lowest BCUT2D eigenvalue weighted by atomic mass is 9.41. The summed E-state index contributed by atoms with van der Waals surface area (Å²) in [5, 5.41) is 24.3. The number of carboxylic acids is 1. The lowest BCUT2D eigenvalue weighted by molar-refractivity contribution is -0.185. The first-order chi connectivity index (χ1) is 22.4. The first-order valence-corrected chi connectivity index (χ1v) is 18.9. The van der Waals surface area contributed by atoms with E-state index >= 15 is 0 Å². The van der Waals surface area contributed by atoms with Gasteiger partial charge in [0.2, 0.25) is 0 Å². The molecule has 48 heavy (non-hydrogen) atoms. The Morgan fingerprint density at radius 2 is 1.62 bits per heavy atom. The number of nitrogens with zero attached hydrogens (tertiary/aromatic N) is 1. The summed E-state index contributed by atoms with van der Waals surface area (Å²) in [6, 6.07) is -1.00. The quantitative estimate of drug-likeness (QED) is 0.302. The van der Waals surface area contributed by atoms with Crippen LogP contribution in [0.2, 0.25) is 0 Å². The van der Waals surface area contributed by atoms with Crippen molar-refractivity contribution >= 4 is 18.2 Å². The van der Waals surface area contributed by atoms with Gasteiger partial charge in [-0.05, 0) is 111 Å². The molecule has 14 atom stereocenters. The van der Waals surface area contributed by atoms with Gasteiger partial charge in [-0.2, -0.15) is 0 Å². The fourth-order valence-corrected chi connectivity index (χ4v) is 13.5. The maximum Gasteiger partial charge on any atom is 0.410 e. The predicted octanol–water partition coefficient (Wildman–Crippen LogP) is 6.23. The zero-order chi connectivity index (χ0) is 34.8. The topological polar surface area (TPSA) is 135 Å². The summed E-state index contributed by atoms with van der Waals surface area (Å²) in [6.07, 6.45) is 6.43. The molecule has 7 fully saturated rings. The fraction of sp³-hybridized carbons (Fsp3) is 0.921. The number of amides is 2. The molecule has 0 aromatic rings. The van der Waals surface area contributed by atoms with Gasteiger partial charge in [0.1, 0.15) is 18.2 Å². The van der Waals surface area contributed by atoms with Crippen LogP contribution in [0.1, 0.15) is 113 Å². The molecule has 2 spiro atoms. The maximum atomic E-state index is 12.9. The van der Waals surface area contributed by atoms with Crippen LogP contribution in [0.5, 0.6) is 0 Å². The Kier molecular flexibility index (Phi) is 8.03. The zero-order valence-electron chi connectivity index (χ0n) is 30.4. The minimum absolute atomic E-state index is 0.0651. The number of likely N-dealkylation sites (tertiary alicyclic amines) is 1. The number of aliphatic hydroxyl groups excluding tert-OH is 1. The number of carbonyl (C=O) groups excluding carboxylic acids is 2. The van der Waals surface area contributed by atoms with E-state index in [1.165, 1.54) is 13.3 Å². The Balaban J connectivity index is 1.11. The van der Waals surface area contributed by atoms with Crippen LogP contribution in [0.4, 0.5) is 9.59 Å². The highest BCUT2D eigenvalue weighted by Gasteiger charge is 2.84. The number of hydrogen-bond donors (Lipinski definition) is 3. The van der Waals surface area contributed by atoms with E-state index in [1.807, 2.05) is 0 Å². The van der Waals surface area contributed by atoms with E-state index in [9.17, 15) is 24.6 Å². The summed E-state index contributed by atoms with van der Waals surface area (Å²) in [5.41, 5.74) is -0.277. The Morgan fingerprint density at radius 3 is 2.25 bits per heavy atom. The minimum Gasteiger partial charge on any atom is -0.480 e. The Bertz CT molecular complexity index is 1330. The summed E-state index contributed by atoms with van der Waals surface area (Å²) in [6.45, 7) is 18.8. The van der Waals surface area contributed by atoms with E-state index in [0.29, 0.717) is 17.8 Å². The Labute approximate surface area is 286 Å². The standard InChI is InChI=1S/C38H60N2O8/c1-20(2)28(48-33(45)40-16-9-17-40)23-18-21(3)27-29(46-23)30(41)36(8)25-11-10-24-34(5,6)26(47-32(44)39-22(4)31(42)43)12-13-37(24)19-38(25,37)15-14-35(27,36)7/h20-30,41H,9-19H2,1-8H3,(H,39,44)(H,42,43)/t21-,22-,23-,24+,25+,26+,27+,28-,29+,30+,35-,36-,37-,38+/m1/s1. The van der Waals surface area contributed by atoms with Crippen molar-refractivity contribution in [2.75, 3.05) is 13.1 Å². The van der Waals surface area contributed by atoms with Gasteiger partial charge >= 0.3 is 18.2 Å². The van der Waals surface area contributed by atoms with Gasteiger partial charge in [-0.15, -0.1) is 0 Å². The van der Waals surface area contributed by atoms with Crippen LogP contribution in [0.25, 0.3) is 0 Å². The SMILES string of the molecule is CC(C)[C@@H](OC(=O)N1CCC1)[C@H]1C[C@@H](C)[C@H]2[C@H](O1)[C@H](O)[C@@]1(C)[C@@H]3CC[C@H]4C(C)(C)[C@@H](OC(=O)N[C@H](C)C(=O)O)CC[C@@]45C[C@@]35CC[C@]21C. The van der Waals surface area contributed by atoms with Crippen molar-refractivity contribution in [1.29, 1.82) is 0 Å². The summed E-state index contributed by atoms with van der Waals surface area (Å²) in [7, 11) is 0. The second kappa shape index (κ2) is 11.2. The van der Waals surface area contributed by atoms with E-state index in [4.69, 9.17) is 14.2 Å². The normalized spacial score (nSPS) is 47.9. The van der Waals surface area contributed by atoms with Crippen LogP contribution < -0.4 is 5.32 Å². The molecular formula is C38H60N2O8. The van der Waals surface area contributed by atoms with Crippen molar-refractivity contribution in [2.24, 2.45) is 56.7 Å². The molecule has 10 nitrogen and oxygen atoms in total. The average Bonchev–Trinajstić information content (AvgIpc) is 3.61. The Morgan fingerprint density at radius 1 is 0.958 bits per heavy atom. The third-order valence-corrected chi connectivity index (χ3v) is 16.1. The predicted molar refractivity (Wildman–Crippen MR) is 178 cm³/mol. The van der Waals surface area contributed by atoms with Crippen molar-refractivity contribution in [3.8, 4) is 0 Å². The number of aliphatic carboxylic acids is 1. The molecule has 10 heteroatoms. The molecule has 2 amide bonds. The van der Waals surface area contributed by atoms with Crippen LogP contribution >= 0.6 is 0 Å². The number of carbonyl (C=O) groups is 3. The van der Waals surface area contributed by atoms with Gasteiger partial charge in [-0.3, -0.25) is 4.79 Å². The van der Waals surface area contributed by atoms with Crippen LogP contribution in [0.15, 0.2) is 0 Å². The first-order valence-electron chi connectivity index (χ1n) is 18.9. The molecule has 2 aliphatic heterocycles. The molecule has 0 aromatic carbocycles. The van der Waals surface area contributed by atoms with E-state index in [0.717, 1.165) is 64.5 Å². The number of rotatable bonds is 6. The number of fused-ring (bicyclic) bond motifs is 4. The number of carboxylic acid groups (broad SMARTS) is 1. The molecule has 0 unspecified atom stereocenters. The van der Waals surface area contributed by atoms with Gasteiger partial charge in [0.15, 0.2) is 0 Å². The highest BCUT2D eigenvalue weighted by atomic mass is 16.6. The van der Waals surface area contributed by atoms with Crippen LogP contribution in [0.3, 0.4) is 0 Å². The fourth-order valence-electron chi connectivity index (χ4n) is 13.5. The molecule has 7 aliphatic rings.